The Kier molecular flexibility index (Phi) is 6.62. The number of hydrogen-bond acceptors (Lipinski definition) is 8. The first kappa shape index (κ1) is 22.0. The van der Waals surface area contributed by atoms with E-state index in [0.29, 0.717) is 17.9 Å². The maximum absolute atomic E-state index is 13.5. The third-order valence-electron chi connectivity index (χ3n) is 4.96. The van der Waals surface area contributed by atoms with Gasteiger partial charge in [0.1, 0.15) is 11.5 Å². The molecule has 0 N–H and O–H groups in total. The molecule has 30 heavy (non-hydrogen) atoms. The largest absolute Gasteiger partial charge is 0.497 e. The maximum atomic E-state index is 13.5. The van der Waals surface area contributed by atoms with E-state index in [1.54, 1.807) is 25.1 Å². The fourth-order valence-electron chi connectivity index (χ4n) is 3.51. The van der Waals surface area contributed by atoms with E-state index in [4.69, 9.17) is 31.2 Å². The molecule has 1 aliphatic rings. The van der Waals surface area contributed by atoms with Gasteiger partial charge in [0.05, 0.1) is 25.7 Å². The Morgan fingerprint density at radius 1 is 1.20 bits per heavy atom. The molecule has 1 aliphatic heterocycles. The van der Waals surface area contributed by atoms with E-state index in [-0.39, 0.29) is 17.3 Å². The summed E-state index contributed by atoms with van der Waals surface area (Å²) in [6.45, 7) is 3.77. The van der Waals surface area contributed by atoms with Gasteiger partial charge in [0, 0.05) is 11.6 Å². The summed E-state index contributed by atoms with van der Waals surface area (Å²) < 4.78 is 21.9. The van der Waals surface area contributed by atoms with Crippen LogP contribution in [-0.2, 0) is 19.9 Å². The molecule has 0 spiro atoms. The second-order valence-electron chi connectivity index (χ2n) is 6.52. The van der Waals surface area contributed by atoms with Gasteiger partial charge in [-0.25, -0.2) is 9.69 Å². The summed E-state index contributed by atoms with van der Waals surface area (Å²) >= 11 is 6.86. The first-order chi connectivity index (χ1) is 14.4. The topological polar surface area (TPSA) is 74.3 Å². The van der Waals surface area contributed by atoms with Gasteiger partial charge >= 0.3 is 5.97 Å². The summed E-state index contributed by atoms with van der Waals surface area (Å²) in [6, 6.07) is 7.45. The summed E-state index contributed by atoms with van der Waals surface area (Å²) in [4.78, 5) is 28.6. The van der Waals surface area contributed by atoms with Gasteiger partial charge in [0.2, 0.25) is 0 Å². The Bertz CT molecular complexity index is 923. The Hall–Kier alpha value is -2.65. The summed E-state index contributed by atoms with van der Waals surface area (Å²) in [5, 5.41) is 1.81. The standard InChI is InChI=1S/C21H23NO6S2/c1-5-21(16-8-7-9-30-16)17(19(24)27-6-2)22(20(29)28-21)18(23)13-10-14(25-3)12-15(11-13)26-4/h7-12,17H,5-6H2,1-4H3. The van der Waals surface area contributed by atoms with Crippen LogP contribution in [0.3, 0.4) is 0 Å². The molecule has 7 nitrogen and oxygen atoms in total. The van der Waals surface area contributed by atoms with Crippen molar-refractivity contribution in [1.82, 2.24) is 4.90 Å². The Morgan fingerprint density at radius 3 is 2.37 bits per heavy atom. The average Bonchev–Trinajstić information content (AvgIpc) is 3.39. The van der Waals surface area contributed by atoms with E-state index in [0.717, 1.165) is 4.88 Å². The number of methoxy groups -OCH3 is 2. The van der Waals surface area contributed by atoms with Crippen molar-refractivity contribution in [3.63, 3.8) is 0 Å². The quantitative estimate of drug-likeness (QED) is 0.471. The van der Waals surface area contributed by atoms with Gasteiger partial charge in [-0.2, -0.15) is 0 Å². The molecule has 1 saturated heterocycles. The molecule has 1 aromatic carbocycles. The fourth-order valence-corrected chi connectivity index (χ4v) is 4.80. The van der Waals surface area contributed by atoms with E-state index < -0.39 is 23.5 Å². The minimum absolute atomic E-state index is 0.0740. The molecule has 0 aliphatic carbocycles. The number of hydrogen-bond donors (Lipinski definition) is 0. The summed E-state index contributed by atoms with van der Waals surface area (Å²) in [5.41, 5.74) is -0.861. The molecule has 9 heteroatoms. The van der Waals surface area contributed by atoms with Crippen LogP contribution in [0.4, 0.5) is 0 Å². The first-order valence-electron chi connectivity index (χ1n) is 9.42. The van der Waals surface area contributed by atoms with Crippen molar-refractivity contribution < 1.29 is 28.5 Å². The number of carbonyl (C=O) groups is 2. The van der Waals surface area contributed by atoms with Crippen LogP contribution in [0.15, 0.2) is 35.7 Å². The number of amides is 1. The highest BCUT2D eigenvalue weighted by Crippen LogP contribution is 2.45. The van der Waals surface area contributed by atoms with Crippen molar-refractivity contribution in [2.45, 2.75) is 31.9 Å². The fraction of sp³-hybridized carbons (Fsp3) is 0.381. The second kappa shape index (κ2) is 9.01. The minimum atomic E-state index is -1.11. The zero-order valence-corrected chi connectivity index (χ0v) is 18.8. The maximum Gasteiger partial charge on any atom is 0.334 e. The van der Waals surface area contributed by atoms with E-state index in [9.17, 15) is 9.59 Å². The molecular formula is C21H23NO6S2. The monoisotopic (exact) mass is 449 g/mol. The zero-order chi connectivity index (χ0) is 21.9. The summed E-state index contributed by atoms with van der Waals surface area (Å²) in [5.74, 6) is -0.189. The predicted octanol–water partition coefficient (Wildman–Crippen LogP) is 3.76. The van der Waals surface area contributed by atoms with E-state index >= 15 is 0 Å². The van der Waals surface area contributed by atoms with Crippen LogP contribution in [0.1, 0.15) is 35.5 Å². The molecule has 3 rings (SSSR count). The number of esters is 1. The summed E-state index contributed by atoms with van der Waals surface area (Å²) in [7, 11) is 2.99. The molecular weight excluding hydrogens is 426 g/mol. The molecule has 2 atom stereocenters. The van der Waals surface area contributed by atoms with Gasteiger partial charge in [0.25, 0.3) is 11.1 Å². The normalized spacial score (nSPS) is 20.6. The van der Waals surface area contributed by atoms with Crippen molar-refractivity contribution >= 4 is 40.6 Å². The highest BCUT2D eigenvalue weighted by molar-refractivity contribution is 7.80. The first-order valence-corrected chi connectivity index (χ1v) is 10.7. The molecule has 2 aromatic rings. The van der Waals surface area contributed by atoms with Crippen molar-refractivity contribution in [3.05, 3.63) is 46.2 Å². The smallest absolute Gasteiger partial charge is 0.334 e. The summed E-state index contributed by atoms with van der Waals surface area (Å²) in [6.07, 6.45) is 0.419. The van der Waals surface area contributed by atoms with Crippen LogP contribution in [0, 0.1) is 0 Å². The van der Waals surface area contributed by atoms with Gasteiger partial charge in [-0.05, 0) is 49.1 Å². The number of ether oxygens (including phenoxy) is 4. The third kappa shape index (κ3) is 3.75. The van der Waals surface area contributed by atoms with Gasteiger partial charge < -0.3 is 18.9 Å². The third-order valence-corrected chi connectivity index (χ3v) is 6.27. The lowest BCUT2D eigenvalue weighted by molar-refractivity contribution is -0.152. The molecule has 0 radical (unpaired) electrons. The number of nitrogens with zero attached hydrogens (tertiary/aromatic N) is 1. The van der Waals surface area contributed by atoms with E-state index in [1.807, 2.05) is 24.4 Å². The van der Waals surface area contributed by atoms with Crippen LogP contribution in [0.2, 0.25) is 0 Å². The van der Waals surface area contributed by atoms with E-state index in [2.05, 4.69) is 0 Å². The number of thiophene rings is 1. The molecule has 0 saturated carbocycles. The van der Waals surface area contributed by atoms with Crippen LogP contribution >= 0.6 is 23.6 Å². The minimum Gasteiger partial charge on any atom is -0.497 e. The van der Waals surface area contributed by atoms with Crippen LogP contribution in [0.25, 0.3) is 0 Å². The van der Waals surface area contributed by atoms with Crippen molar-refractivity contribution in [1.29, 1.82) is 0 Å². The van der Waals surface area contributed by atoms with Crippen molar-refractivity contribution in [2.75, 3.05) is 20.8 Å². The number of benzene rings is 1. The average molecular weight is 450 g/mol. The Morgan fingerprint density at radius 2 is 1.87 bits per heavy atom. The van der Waals surface area contributed by atoms with Crippen LogP contribution in [-0.4, -0.2) is 48.8 Å². The molecule has 160 valence electrons. The van der Waals surface area contributed by atoms with Gasteiger partial charge in [-0.3, -0.25) is 4.79 Å². The van der Waals surface area contributed by atoms with Crippen LogP contribution in [0.5, 0.6) is 11.5 Å². The number of carbonyl (C=O) groups excluding carboxylic acids is 2. The molecule has 1 amide bonds. The lowest BCUT2D eigenvalue weighted by Crippen LogP contribution is -2.51. The van der Waals surface area contributed by atoms with Gasteiger partial charge in [-0.1, -0.05) is 13.0 Å². The van der Waals surface area contributed by atoms with Crippen molar-refractivity contribution in [2.24, 2.45) is 0 Å². The molecule has 2 heterocycles. The lowest BCUT2D eigenvalue weighted by Gasteiger charge is -2.31. The molecule has 2 unspecified atom stereocenters. The second-order valence-corrected chi connectivity index (χ2v) is 7.82. The lowest BCUT2D eigenvalue weighted by atomic mass is 9.89. The van der Waals surface area contributed by atoms with Crippen molar-refractivity contribution in [3.8, 4) is 11.5 Å². The number of thiocarbonyl (C=S) groups is 1. The SMILES string of the molecule is CCOC(=O)C1N(C(=O)c2cc(OC)cc(OC)c2)C(=S)OC1(CC)c1cccs1. The highest BCUT2D eigenvalue weighted by atomic mass is 32.1. The highest BCUT2D eigenvalue weighted by Gasteiger charge is 2.59. The van der Waals surface area contributed by atoms with Gasteiger partial charge in [0.15, 0.2) is 11.6 Å². The Labute approximate surface area is 184 Å². The van der Waals surface area contributed by atoms with Crippen LogP contribution < -0.4 is 9.47 Å². The predicted molar refractivity (Wildman–Crippen MR) is 116 cm³/mol. The number of rotatable bonds is 7. The Balaban J connectivity index is 2.11. The molecule has 0 bridgehead atoms. The zero-order valence-electron chi connectivity index (χ0n) is 17.2. The molecule has 1 aromatic heterocycles. The van der Waals surface area contributed by atoms with E-state index in [1.165, 1.54) is 30.5 Å². The van der Waals surface area contributed by atoms with Gasteiger partial charge in [-0.15, -0.1) is 11.3 Å². The molecule has 1 fully saturated rings.